The highest BCUT2D eigenvalue weighted by atomic mass is 16.4. The van der Waals surface area contributed by atoms with E-state index in [0.717, 1.165) is 23.4 Å². The molecule has 0 saturated heterocycles. The van der Waals surface area contributed by atoms with Gasteiger partial charge in [0.2, 0.25) is 0 Å². The Hall–Kier alpha value is -1.84. The van der Waals surface area contributed by atoms with Crippen LogP contribution in [-0.2, 0) is 6.54 Å². The summed E-state index contributed by atoms with van der Waals surface area (Å²) < 4.78 is 2.10. The summed E-state index contributed by atoms with van der Waals surface area (Å²) in [6.07, 6.45) is 3.79. The average Bonchev–Trinajstić information content (AvgIpc) is 2.94. The number of hydrogen-bond donors (Lipinski definition) is 1. The highest BCUT2D eigenvalue weighted by Gasteiger charge is 2.25. The minimum absolute atomic E-state index is 0.355. The monoisotopic (exact) mass is 272 g/mol. The first-order valence-electron chi connectivity index (χ1n) is 7.27. The number of imidazole rings is 1. The summed E-state index contributed by atoms with van der Waals surface area (Å²) in [7, 11) is 0. The second-order valence-corrected chi connectivity index (χ2v) is 5.92. The molecule has 1 aromatic heterocycles. The normalized spacial score (nSPS) is 22.5. The largest absolute Gasteiger partial charge is 0.478 e. The summed E-state index contributed by atoms with van der Waals surface area (Å²) >= 11 is 0. The molecular weight excluding hydrogens is 252 g/mol. The van der Waals surface area contributed by atoms with Gasteiger partial charge in [-0.3, -0.25) is 0 Å². The highest BCUT2D eigenvalue weighted by molar-refractivity contribution is 6.01. The summed E-state index contributed by atoms with van der Waals surface area (Å²) in [5, 5.41) is 9.39. The van der Waals surface area contributed by atoms with E-state index in [0.29, 0.717) is 17.4 Å². The molecule has 0 aliphatic heterocycles. The van der Waals surface area contributed by atoms with Crippen molar-refractivity contribution in [2.24, 2.45) is 11.8 Å². The first-order chi connectivity index (χ1) is 9.58. The second-order valence-electron chi connectivity index (χ2n) is 5.92. The number of nitrogens with zero attached hydrogens (tertiary/aromatic N) is 2. The zero-order valence-corrected chi connectivity index (χ0v) is 12.0. The topological polar surface area (TPSA) is 55.1 Å². The number of carbonyl (C=O) groups is 1. The first kappa shape index (κ1) is 13.2. The van der Waals surface area contributed by atoms with Crippen molar-refractivity contribution in [3.63, 3.8) is 0 Å². The number of aromatic carboxylic acids is 1. The molecule has 1 aromatic carbocycles. The van der Waals surface area contributed by atoms with E-state index in [1.54, 1.807) is 12.1 Å². The lowest BCUT2D eigenvalue weighted by molar-refractivity contribution is 0.0698. The minimum Gasteiger partial charge on any atom is -0.478 e. The van der Waals surface area contributed by atoms with Gasteiger partial charge in [-0.15, -0.1) is 0 Å². The fraction of sp³-hybridized carbons (Fsp3) is 0.500. The Labute approximate surface area is 118 Å². The van der Waals surface area contributed by atoms with Crippen LogP contribution in [0.2, 0.25) is 0 Å². The number of benzene rings is 1. The summed E-state index contributed by atoms with van der Waals surface area (Å²) in [5.41, 5.74) is 1.92. The highest BCUT2D eigenvalue weighted by Crippen LogP contribution is 2.34. The number of rotatable bonds is 3. The van der Waals surface area contributed by atoms with Gasteiger partial charge in [0, 0.05) is 6.54 Å². The molecule has 1 heterocycles. The number of aryl methyl sites for hydroxylation is 1. The van der Waals surface area contributed by atoms with Crippen LogP contribution in [0.4, 0.5) is 0 Å². The molecule has 2 aromatic rings. The van der Waals surface area contributed by atoms with Crippen molar-refractivity contribution in [1.82, 2.24) is 9.55 Å². The van der Waals surface area contributed by atoms with Crippen LogP contribution in [0.1, 0.15) is 42.4 Å². The Bertz CT molecular complexity index is 660. The van der Waals surface area contributed by atoms with Gasteiger partial charge in [0.15, 0.2) is 0 Å². The molecule has 0 amide bonds. The van der Waals surface area contributed by atoms with Crippen molar-refractivity contribution < 1.29 is 9.90 Å². The van der Waals surface area contributed by atoms with Crippen LogP contribution in [0.5, 0.6) is 0 Å². The standard InChI is InChI=1S/C16H20N2O2/c1-10-5-3-6-12(10)9-18-11(2)17-14-8-4-7-13(15(14)18)16(19)20/h4,7-8,10,12H,3,5-6,9H2,1-2H3,(H,19,20). The summed E-state index contributed by atoms with van der Waals surface area (Å²) in [6.45, 7) is 5.14. The molecule has 106 valence electrons. The van der Waals surface area contributed by atoms with Gasteiger partial charge in [0.25, 0.3) is 0 Å². The molecule has 20 heavy (non-hydrogen) atoms. The van der Waals surface area contributed by atoms with Crippen molar-refractivity contribution in [3.05, 3.63) is 29.6 Å². The van der Waals surface area contributed by atoms with Crippen molar-refractivity contribution in [1.29, 1.82) is 0 Å². The van der Waals surface area contributed by atoms with Gasteiger partial charge < -0.3 is 9.67 Å². The summed E-state index contributed by atoms with van der Waals surface area (Å²) in [5.74, 6) is 1.38. The van der Waals surface area contributed by atoms with E-state index in [-0.39, 0.29) is 0 Å². The summed E-state index contributed by atoms with van der Waals surface area (Å²) in [4.78, 5) is 16.0. The van der Waals surface area contributed by atoms with Crippen LogP contribution in [0.15, 0.2) is 18.2 Å². The zero-order chi connectivity index (χ0) is 14.3. The maximum Gasteiger partial charge on any atom is 0.337 e. The Morgan fingerprint density at radius 3 is 2.90 bits per heavy atom. The first-order valence-corrected chi connectivity index (χ1v) is 7.27. The third kappa shape index (κ3) is 2.09. The lowest BCUT2D eigenvalue weighted by Crippen LogP contribution is -2.15. The van der Waals surface area contributed by atoms with Gasteiger partial charge in [0.1, 0.15) is 5.82 Å². The fourth-order valence-electron chi connectivity index (χ4n) is 3.43. The number of fused-ring (bicyclic) bond motifs is 1. The van der Waals surface area contributed by atoms with E-state index in [9.17, 15) is 9.90 Å². The van der Waals surface area contributed by atoms with Crippen molar-refractivity contribution >= 4 is 17.0 Å². The van der Waals surface area contributed by atoms with Gasteiger partial charge in [-0.05, 0) is 37.3 Å². The van der Waals surface area contributed by atoms with Crippen LogP contribution in [-0.4, -0.2) is 20.6 Å². The van der Waals surface area contributed by atoms with Gasteiger partial charge in [0.05, 0.1) is 16.6 Å². The molecule has 0 bridgehead atoms. The molecule has 1 N–H and O–H groups in total. The molecule has 1 saturated carbocycles. The molecule has 1 fully saturated rings. The predicted octanol–water partition coefficient (Wildman–Crippen LogP) is 3.48. The molecular formula is C16H20N2O2. The molecule has 4 heteroatoms. The minimum atomic E-state index is -0.878. The van der Waals surface area contributed by atoms with Crippen molar-refractivity contribution in [2.45, 2.75) is 39.7 Å². The molecule has 1 aliphatic rings. The number of carboxylic acids is 1. The molecule has 4 nitrogen and oxygen atoms in total. The zero-order valence-electron chi connectivity index (χ0n) is 12.0. The van der Waals surface area contributed by atoms with Crippen LogP contribution >= 0.6 is 0 Å². The van der Waals surface area contributed by atoms with E-state index in [1.807, 2.05) is 13.0 Å². The maximum atomic E-state index is 11.4. The fourth-order valence-corrected chi connectivity index (χ4v) is 3.43. The van der Waals surface area contributed by atoms with Crippen LogP contribution < -0.4 is 0 Å². The Morgan fingerprint density at radius 2 is 2.25 bits per heavy atom. The third-order valence-corrected chi connectivity index (χ3v) is 4.64. The van der Waals surface area contributed by atoms with Crippen LogP contribution in [0.25, 0.3) is 11.0 Å². The smallest absolute Gasteiger partial charge is 0.337 e. The molecule has 1 aliphatic carbocycles. The van der Waals surface area contributed by atoms with E-state index in [4.69, 9.17) is 0 Å². The lowest BCUT2D eigenvalue weighted by atomic mass is 9.98. The second kappa shape index (κ2) is 4.93. The molecule has 0 spiro atoms. The molecule has 2 unspecified atom stereocenters. The Kier molecular flexibility index (Phi) is 3.24. The van der Waals surface area contributed by atoms with Crippen LogP contribution in [0.3, 0.4) is 0 Å². The van der Waals surface area contributed by atoms with E-state index < -0.39 is 5.97 Å². The Balaban J connectivity index is 2.09. The Morgan fingerprint density at radius 1 is 1.45 bits per heavy atom. The molecule has 0 radical (unpaired) electrons. The van der Waals surface area contributed by atoms with Crippen LogP contribution in [0, 0.1) is 18.8 Å². The van der Waals surface area contributed by atoms with Gasteiger partial charge in [-0.25, -0.2) is 9.78 Å². The predicted molar refractivity (Wildman–Crippen MR) is 77.9 cm³/mol. The number of aromatic nitrogens is 2. The van der Waals surface area contributed by atoms with Crippen molar-refractivity contribution in [3.8, 4) is 0 Å². The van der Waals surface area contributed by atoms with Gasteiger partial charge >= 0.3 is 5.97 Å². The lowest BCUT2D eigenvalue weighted by Gasteiger charge is -2.18. The third-order valence-electron chi connectivity index (χ3n) is 4.64. The molecule has 2 atom stereocenters. The van der Waals surface area contributed by atoms with Crippen molar-refractivity contribution in [2.75, 3.05) is 0 Å². The van der Waals surface area contributed by atoms with Gasteiger partial charge in [-0.1, -0.05) is 25.8 Å². The SMILES string of the molecule is Cc1nc2cccc(C(=O)O)c2n1CC1CCCC1C. The average molecular weight is 272 g/mol. The van der Waals surface area contributed by atoms with E-state index in [1.165, 1.54) is 19.3 Å². The molecule has 3 rings (SSSR count). The quantitative estimate of drug-likeness (QED) is 0.930. The number of hydrogen-bond acceptors (Lipinski definition) is 2. The van der Waals surface area contributed by atoms with Gasteiger partial charge in [-0.2, -0.15) is 0 Å². The number of carboxylic acid groups (broad SMARTS) is 1. The van der Waals surface area contributed by atoms with E-state index in [2.05, 4.69) is 16.5 Å². The maximum absolute atomic E-state index is 11.4. The number of para-hydroxylation sites is 1. The summed E-state index contributed by atoms with van der Waals surface area (Å²) in [6, 6.07) is 5.32. The van der Waals surface area contributed by atoms with E-state index >= 15 is 0 Å².